The Bertz CT molecular complexity index is 1650. The van der Waals surface area contributed by atoms with Gasteiger partial charge in [0.25, 0.3) is 0 Å². The minimum atomic E-state index is -0.281. The van der Waals surface area contributed by atoms with Gasteiger partial charge in [-0.1, -0.05) is 6.07 Å². The Morgan fingerprint density at radius 3 is 2.52 bits per heavy atom. The zero-order valence-electron chi connectivity index (χ0n) is 17.5. The number of hydrogen-bond donors (Lipinski definition) is 3. The molecule has 6 rings (SSSR count). The first-order chi connectivity index (χ1) is 16.0. The van der Waals surface area contributed by atoms with E-state index in [2.05, 4.69) is 30.1 Å². The molecule has 0 saturated carbocycles. The van der Waals surface area contributed by atoms with E-state index >= 15 is 0 Å². The van der Waals surface area contributed by atoms with Crippen molar-refractivity contribution in [3.8, 4) is 39.4 Å². The van der Waals surface area contributed by atoms with Crippen molar-refractivity contribution >= 4 is 21.9 Å². The number of H-pyrrole nitrogens is 2. The van der Waals surface area contributed by atoms with Crippen LogP contribution in [0.4, 0.5) is 4.39 Å². The van der Waals surface area contributed by atoms with Crippen LogP contribution in [0, 0.1) is 12.7 Å². The molecule has 33 heavy (non-hydrogen) atoms. The number of halogens is 1. The summed E-state index contributed by atoms with van der Waals surface area (Å²) in [6.45, 7) is 1.87. The lowest BCUT2D eigenvalue weighted by atomic mass is 10.0. The SMILES string of the molecule is Cc1cc(F)cc(-c2cncc3[nH]c(-c4n[nH]c5ncc(-c6cncc(O)c6)cc45)cc23)c1. The number of aryl methyl sites for hydroxylation is 1. The molecule has 0 aliphatic heterocycles. The third kappa shape index (κ3) is 3.28. The Hall–Kier alpha value is -4.59. The zero-order chi connectivity index (χ0) is 22.5. The number of aromatic hydroxyl groups is 1. The van der Waals surface area contributed by atoms with E-state index in [4.69, 9.17) is 0 Å². The summed E-state index contributed by atoms with van der Waals surface area (Å²) in [5.41, 5.74) is 6.95. The molecule has 6 aromatic rings. The van der Waals surface area contributed by atoms with Gasteiger partial charge in [-0.05, 0) is 48.4 Å². The van der Waals surface area contributed by atoms with Gasteiger partial charge in [0.05, 0.1) is 23.6 Å². The summed E-state index contributed by atoms with van der Waals surface area (Å²) in [6, 6.07) is 10.5. The van der Waals surface area contributed by atoms with Gasteiger partial charge in [-0.3, -0.25) is 15.1 Å². The van der Waals surface area contributed by atoms with E-state index in [0.717, 1.165) is 49.8 Å². The normalized spacial score (nSPS) is 11.5. The number of nitrogens with zero attached hydrogens (tertiary/aromatic N) is 4. The fraction of sp³-hybridized carbons (Fsp3) is 0.0400. The maximum absolute atomic E-state index is 14.1. The Morgan fingerprint density at radius 2 is 1.67 bits per heavy atom. The van der Waals surface area contributed by atoms with Gasteiger partial charge in [0, 0.05) is 46.1 Å². The molecule has 5 heterocycles. The number of benzene rings is 1. The summed E-state index contributed by atoms with van der Waals surface area (Å²) in [5, 5.41) is 19.0. The van der Waals surface area contributed by atoms with Gasteiger partial charge in [0.15, 0.2) is 5.65 Å². The van der Waals surface area contributed by atoms with E-state index in [9.17, 15) is 9.50 Å². The second kappa shape index (κ2) is 7.23. The fourth-order valence-corrected chi connectivity index (χ4v) is 4.15. The van der Waals surface area contributed by atoms with Gasteiger partial charge in [-0.25, -0.2) is 9.37 Å². The lowest BCUT2D eigenvalue weighted by Crippen LogP contribution is -1.85. The maximum Gasteiger partial charge on any atom is 0.155 e. The number of nitrogens with one attached hydrogen (secondary N) is 2. The molecular weight excluding hydrogens is 419 g/mol. The van der Waals surface area contributed by atoms with E-state index in [0.29, 0.717) is 11.3 Å². The minimum Gasteiger partial charge on any atom is -0.506 e. The van der Waals surface area contributed by atoms with Crippen molar-refractivity contribution in [2.24, 2.45) is 0 Å². The molecule has 5 aromatic heterocycles. The number of aromatic nitrogens is 6. The molecule has 0 unspecified atom stereocenters. The number of aromatic amines is 2. The first kappa shape index (κ1) is 19.1. The number of rotatable bonds is 3. The Labute approximate surface area is 187 Å². The van der Waals surface area contributed by atoms with E-state index in [1.165, 1.54) is 18.3 Å². The number of pyridine rings is 3. The molecule has 0 spiro atoms. The molecule has 0 bridgehead atoms. The van der Waals surface area contributed by atoms with Crippen molar-refractivity contribution in [3.05, 3.63) is 78.8 Å². The summed E-state index contributed by atoms with van der Waals surface area (Å²) >= 11 is 0. The highest BCUT2D eigenvalue weighted by molar-refractivity contribution is 6.00. The van der Waals surface area contributed by atoms with Crippen molar-refractivity contribution in [2.75, 3.05) is 0 Å². The van der Waals surface area contributed by atoms with E-state index < -0.39 is 0 Å². The standard InChI is InChI=1S/C25H17FN6O/c1-13-2-14(4-17(26)3-13)21-11-28-12-23-19(21)7-22(30-23)24-20-6-16(9-29-25(20)32-31-24)15-5-18(33)10-27-8-15/h2-12,30,33H,1H3,(H,29,31,32). The molecule has 0 aliphatic carbocycles. The van der Waals surface area contributed by atoms with Crippen LogP contribution < -0.4 is 0 Å². The molecular formula is C25H17FN6O. The molecule has 0 saturated heterocycles. The van der Waals surface area contributed by atoms with Crippen LogP contribution in [0.5, 0.6) is 5.75 Å². The predicted octanol–water partition coefficient (Wildman–Crippen LogP) is 5.38. The van der Waals surface area contributed by atoms with Gasteiger partial charge in [-0.2, -0.15) is 5.10 Å². The number of fused-ring (bicyclic) bond motifs is 2. The average molecular weight is 436 g/mol. The molecule has 160 valence electrons. The van der Waals surface area contributed by atoms with Crippen LogP contribution in [-0.2, 0) is 0 Å². The third-order valence-electron chi connectivity index (χ3n) is 5.63. The molecule has 0 atom stereocenters. The van der Waals surface area contributed by atoms with Gasteiger partial charge in [0.2, 0.25) is 0 Å². The van der Waals surface area contributed by atoms with Crippen molar-refractivity contribution in [2.45, 2.75) is 6.92 Å². The van der Waals surface area contributed by atoms with E-state index in [1.54, 1.807) is 30.9 Å². The fourth-order valence-electron chi connectivity index (χ4n) is 4.15. The number of hydrogen-bond acceptors (Lipinski definition) is 5. The Morgan fingerprint density at radius 1 is 0.818 bits per heavy atom. The predicted molar refractivity (Wildman–Crippen MR) is 124 cm³/mol. The minimum absolute atomic E-state index is 0.0863. The first-order valence-corrected chi connectivity index (χ1v) is 10.3. The van der Waals surface area contributed by atoms with Gasteiger partial charge < -0.3 is 10.1 Å². The Balaban J connectivity index is 1.51. The molecule has 0 amide bonds. The molecule has 3 N–H and O–H groups in total. The second-order valence-corrected chi connectivity index (χ2v) is 7.97. The smallest absolute Gasteiger partial charge is 0.155 e. The summed E-state index contributed by atoms with van der Waals surface area (Å²) in [5.74, 6) is -0.195. The van der Waals surface area contributed by atoms with E-state index in [-0.39, 0.29) is 11.6 Å². The van der Waals surface area contributed by atoms with Crippen molar-refractivity contribution in [1.29, 1.82) is 0 Å². The van der Waals surface area contributed by atoms with Crippen LogP contribution in [0.15, 0.2) is 67.4 Å². The van der Waals surface area contributed by atoms with Crippen LogP contribution in [0.1, 0.15) is 5.56 Å². The molecule has 7 nitrogen and oxygen atoms in total. The summed E-state index contributed by atoms with van der Waals surface area (Å²) in [4.78, 5) is 16.2. The monoisotopic (exact) mass is 436 g/mol. The summed E-state index contributed by atoms with van der Waals surface area (Å²) < 4.78 is 14.1. The summed E-state index contributed by atoms with van der Waals surface area (Å²) in [7, 11) is 0. The van der Waals surface area contributed by atoms with Gasteiger partial charge in [-0.15, -0.1) is 0 Å². The molecule has 1 aromatic carbocycles. The molecule has 8 heteroatoms. The first-order valence-electron chi connectivity index (χ1n) is 10.3. The van der Waals surface area contributed by atoms with Crippen LogP contribution in [0.3, 0.4) is 0 Å². The van der Waals surface area contributed by atoms with Crippen LogP contribution in [0.2, 0.25) is 0 Å². The van der Waals surface area contributed by atoms with Crippen LogP contribution in [-0.4, -0.2) is 35.2 Å². The molecule has 0 radical (unpaired) electrons. The lowest BCUT2D eigenvalue weighted by Gasteiger charge is -2.05. The van der Waals surface area contributed by atoms with Crippen molar-refractivity contribution in [3.63, 3.8) is 0 Å². The maximum atomic E-state index is 14.1. The zero-order valence-corrected chi connectivity index (χ0v) is 17.5. The van der Waals surface area contributed by atoms with Crippen molar-refractivity contribution < 1.29 is 9.50 Å². The molecule has 0 fully saturated rings. The lowest BCUT2D eigenvalue weighted by molar-refractivity contribution is 0.473. The van der Waals surface area contributed by atoms with Crippen molar-refractivity contribution in [1.82, 2.24) is 30.1 Å². The third-order valence-corrected chi connectivity index (χ3v) is 5.63. The quantitative estimate of drug-likeness (QED) is 0.345. The van der Waals surface area contributed by atoms with E-state index in [1.807, 2.05) is 25.1 Å². The highest BCUT2D eigenvalue weighted by Crippen LogP contribution is 2.35. The highest BCUT2D eigenvalue weighted by atomic mass is 19.1. The van der Waals surface area contributed by atoms with Gasteiger partial charge >= 0.3 is 0 Å². The largest absolute Gasteiger partial charge is 0.506 e. The van der Waals surface area contributed by atoms with Gasteiger partial charge in [0.1, 0.15) is 17.3 Å². The highest BCUT2D eigenvalue weighted by Gasteiger charge is 2.16. The topological polar surface area (TPSA) is 103 Å². The van der Waals surface area contributed by atoms with Crippen LogP contribution in [0.25, 0.3) is 55.6 Å². The van der Waals surface area contributed by atoms with Crippen LogP contribution >= 0.6 is 0 Å². The average Bonchev–Trinajstić information content (AvgIpc) is 3.41. The summed E-state index contributed by atoms with van der Waals surface area (Å²) in [6.07, 6.45) is 8.25. The Kier molecular flexibility index (Phi) is 4.19. The second-order valence-electron chi connectivity index (χ2n) is 7.97. The molecule has 0 aliphatic rings.